The summed E-state index contributed by atoms with van der Waals surface area (Å²) < 4.78 is 5.19. The molecule has 2 rings (SSSR count). The predicted octanol–water partition coefficient (Wildman–Crippen LogP) is 2.86. The van der Waals surface area contributed by atoms with E-state index in [1.165, 1.54) is 16.2 Å². The van der Waals surface area contributed by atoms with Crippen LogP contribution in [-0.4, -0.2) is 36.9 Å². The molecule has 0 saturated carbocycles. The van der Waals surface area contributed by atoms with Crippen molar-refractivity contribution in [2.24, 2.45) is 0 Å². The average Bonchev–Trinajstić information content (AvgIpc) is 3.07. The minimum absolute atomic E-state index is 0.00320. The quantitative estimate of drug-likeness (QED) is 0.891. The summed E-state index contributed by atoms with van der Waals surface area (Å²) in [5, 5.41) is 6.40. The van der Waals surface area contributed by atoms with E-state index in [2.05, 4.69) is 5.32 Å². The van der Waals surface area contributed by atoms with Gasteiger partial charge in [-0.05, 0) is 30.5 Å². The van der Waals surface area contributed by atoms with Crippen LogP contribution in [-0.2, 0) is 4.79 Å². The lowest BCUT2D eigenvalue weighted by atomic mass is 10.2. The van der Waals surface area contributed by atoms with Crippen LogP contribution >= 0.6 is 11.3 Å². The highest BCUT2D eigenvalue weighted by Gasteiger charge is 2.18. The number of nitrogens with one attached hydrogen (secondary N) is 1. The predicted molar refractivity (Wildman–Crippen MR) is 87.5 cm³/mol. The van der Waals surface area contributed by atoms with Crippen molar-refractivity contribution in [1.29, 1.82) is 0 Å². The van der Waals surface area contributed by atoms with Gasteiger partial charge < -0.3 is 15.0 Å². The highest BCUT2D eigenvalue weighted by atomic mass is 32.1. The van der Waals surface area contributed by atoms with Gasteiger partial charge in [0.1, 0.15) is 12.3 Å². The van der Waals surface area contributed by atoms with Crippen molar-refractivity contribution in [3.63, 3.8) is 0 Å². The molecule has 0 saturated heterocycles. The molecular weight excluding hydrogens is 300 g/mol. The number of amides is 2. The minimum Gasteiger partial charge on any atom is -0.495 e. The monoisotopic (exact) mass is 318 g/mol. The number of carbonyl (C=O) groups excluding carboxylic acids is 2. The van der Waals surface area contributed by atoms with E-state index in [4.69, 9.17) is 4.74 Å². The second-order valence-corrected chi connectivity index (χ2v) is 5.36. The molecule has 0 spiro atoms. The van der Waals surface area contributed by atoms with E-state index in [0.717, 1.165) is 0 Å². The second kappa shape index (κ2) is 7.61. The van der Waals surface area contributed by atoms with Crippen LogP contribution in [0, 0.1) is 0 Å². The highest BCUT2D eigenvalue weighted by molar-refractivity contribution is 7.08. The maximum atomic E-state index is 12.3. The van der Waals surface area contributed by atoms with Crippen LogP contribution < -0.4 is 10.1 Å². The Morgan fingerprint density at radius 1 is 1.27 bits per heavy atom. The molecule has 0 aliphatic carbocycles. The molecule has 0 fully saturated rings. The third-order valence-electron chi connectivity index (χ3n) is 3.15. The van der Waals surface area contributed by atoms with Crippen molar-refractivity contribution >= 4 is 28.8 Å². The number of para-hydroxylation sites is 2. The van der Waals surface area contributed by atoms with Gasteiger partial charge in [-0.3, -0.25) is 9.59 Å². The second-order valence-electron chi connectivity index (χ2n) is 4.58. The van der Waals surface area contributed by atoms with Crippen molar-refractivity contribution in [3.8, 4) is 5.75 Å². The molecule has 1 N–H and O–H groups in total. The number of ether oxygens (including phenoxy) is 1. The zero-order chi connectivity index (χ0) is 15.9. The number of hydrogen-bond donors (Lipinski definition) is 1. The molecule has 0 unspecified atom stereocenters. The number of carbonyl (C=O) groups is 2. The largest absolute Gasteiger partial charge is 0.495 e. The van der Waals surface area contributed by atoms with Gasteiger partial charge >= 0.3 is 0 Å². The van der Waals surface area contributed by atoms with Gasteiger partial charge in [-0.15, -0.1) is 0 Å². The Kier molecular flexibility index (Phi) is 5.55. The maximum Gasteiger partial charge on any atom is 0.255 e. The first kappa shape index (κ1) is 16.0. The zero-order valence-electron chi connectivity index (χ0n) is 12.5. The summed E-state index contributed by atoms with van der Waals surface area (Å²) in [6, 6.07) is 8.92. The highest BCUT2D eigenvalue weighted by Crippen LogP contribution is 2.22. The van der Waals surface area contributed by atoms with Gasteiger partial charge in [0.05, 0.1) is 18.4 Å². The topological polar surface area (TPSA) is 58.6 Å². The maximum absolute atomic E-state index is 12.3. The zero-order valence-corrected chi connectivity index (χ0v) is 13.4. The van der Waals surface area contributed by atoms with Gasteiger partial charge in [0.2, 0.25) is 5.91 Å². The van der Waals surface area contributed by atoms with Crippen molar-refractivity contribution in [3.05, 3.63) is 46.7 Å². The van der Waals surface area contributed by atoms with Gasteiger partial charge in [-0.1, -0.05) is 12.1 Å². The van der Waals surface area contributed by atoms with Crippen molar-refractivity contribution in [2.75, 3.05) is 25.5 Å². The van der Waals surface area contributed by atoms with E-state index in [9.17, 15) is 9.59 Å². The Balaban J connectivity index is 2.02. The molecule has 2 amide bonds. The lowest BCUT2D eigenvalue weighted by Crippen LogP contribution is -2.37. The molecule has 2 aromatic rings. The van der Waals surface area contributed by atoms with Crippen LogP contribution in [0.5, 0.6) is 5.75 Å². The number of nitrogens with zero attached hydrogens (tertiary/aromatic N) is 1. The summed E-state index contributed by atoms with van der Waals surface area (Å²) in [4.78, 5) is 25.9. The van der Waals surface area contributed by atoms with Crippen molar-refractivity contribution in [1.82, 2.24) is 4.90 Å². The molecule has 6 heteroatoms. The third-order valence-corrected chi connectivity index (χ3v) is 3.84. The first-order valence-electron chi connectivity index (χ1n) is 6.90. The number of benzene rings is 1. The van der Waals surface area contributed by atoms with Crippen LogP contribution in [0.4, 0.5) is 5.69 Å². The summed E-state index contributed by atoms with van der Waals surface area (Å²) in [5.41, 5.74) is 1.20. The molecule has 0 atom stereocenters. The number of methoxy groups -OCH3 is 1. The van der Waals surface area contributed by atoms with Gasteiger partial charge in [-0.25, -0.2) is 0 Å². The van der Waals surface area contributed by atoms with E-state index in [-0.39, 0.29) is 18.4 Å². The number of thiophene rings is 1. The summed E-state index contributed by atoms with van der Waals surface area (Å²) >= 11 is 1.46. The van der Waals surface area contributed by atoms with Crippen LogP contribution in [0.3, 0.4) is 0 Å². The van der Waals surface area contributed by atoms with Crippen molar-refractivity contribution in [2.45, 2.75) is 6.92 Å². The number of hydrogen-bond acceptors (Lipinski definition) is 4. The molecule has 22 heavy (non-hydrogen) atoms. The van der Waals surface area contributed by atoms with Crippen molar-refractivity contribution < 1.29 is 14.3 Å². The number of rotatable bonds is 6. The van der Waals surface area contributed by atoms with Gasteiger partial charge in [0.25, 0.3) is 5.91 Å². The van der Waals surface area contributed by atoms with Crippen LogP contribution in [0.25, 0.3) is 0 Å². The first-order valence-corrected chi connectivity index (χ1v) is 7.84. The average molecular weight is 318 g/mol. The van der Waals surface area contributed by atoms with Crippen LogP contribution in [0.1, 0.15) is 17.3 Å². The Bertz CT molecular complexity index is 641. The van der Waals surface area contributed by atoms with E-state index >= 15 is 0 Å². The van der Waals surface area contributed by atoms with Gasteiger partial charge in [0, 0.05) is 11.9 Å². The van der Waals surface area contributed by atoms with E-state index < -0.39 is 0 Å². The number of likely N-dealkylation sites (N-methyl/N-ethyl adjacent to an activating group) is 1. The van der Waals surface area contributed by atoms with Crippen LogP contribution in [0.15, 0.2) is 41.1 Å². The van der Waals surface area contributed by atoms with Gasteiger partial charge in [0.15, 0.2) is 0 Å². The molecule has 0 radical (unpaired) electrons. The van der Waals surface area contributed by atoms with Crippen LogP contribution in [0.2, 0.25) is 0 Å². The minimum atomic E-state index is -0.255. The molecule has 1 aromatic carbocycles. The Hall–Kier alpha value is -2.34. The fourth-order valence-corrected chi connectivity index (χ4v) is 2.64. The lowest BCUT2D eigenvalue weighted by Gasteiger charge is -2.20. The summed E-state index contributed by atoms with van der Waals surface area (Å²) in [7, 11) is 1.55. The molecule has 1 aromatic heterocycles. The third kappa shape index (κ3) is 3.85. The Morgan fingerprint density at radius 2 is 2.05 bits per heavy atom. The molecule has 1 heterocycles. The fraction of sp³-hybridized carbons (Fsp3) is 0.250. The number of anilines is 1. The van der Waals surface area contributed by atoms with E-state index in [1.807, 2.05) is 24.4 Å². The summed E-state index contributed by atoms with van der Waals surface area (Å²) in [6.07, 6.45) is 0. The summed E-state index contributed by atoms with van der Waals surface area (Å²) in [6.45, 7) is 2.32. The van der Waals surface area contributed by atoms with Gasteiger partial charge in [-0.2, -0.15) is 11.3 Å². The Labute approximate surface area is 133 Å². The Morgan fingerprint density at radius 3 is 2.68 bits per heavy atom. The molecule has 5 nitrogen and oxygen atoms in total. The molecular formula is C16H18N2O3S. The smallest absolute Gasteiger partial charge is 0.255 e. The molecule has 0 aliphatic rings. The van der Waals surface area contributed by atoms with E-state index in [0.29, 0.717) is 23.5 Å². The lowest BCUT2D eigenvalue weighted by molar-refractivity contribution is -0.116. The molecule has 0 bridgehead atoms. The first-order chi connectivity index (χ1) is 10.7. The molecule has 116 valence electrons. The SMILES string of the molecule is CCN(CC(=O)Nc1ccccc1OC)C(=O)c1ccsc1. The molecule has 0 aliphatic heterocycles. The normalized spacial score (nSPS) is 10.1. The van der Waals surface area contributed by atoms with E-state index in [1.54, 1.807) is 30.7 Å². The standard InChI is InChI=1S/C16H18N2O3S/c1-3-18(16(20)12-8-9-22-11-12)10-15(19)17-13-6-4-5-7-14(13)21-2/h4-9,11H,3,10H2,1-2H3,(H,17,19). The fourth-order valence-electron chi connectivity index (χ4n) is 2.01. The summed E-state index contributed by atoms with van der Waals surface area (Å²) in [5.74, 6) is 0.192.